The van der Waals surface area contributed by atoms with E-state index in [2.05, 4.69) is 0 Å². The summed E-state index contributed by atoms with van der Waals surface area (Å²) in [5, 5.41) is 0. The third kappa shape index (κ3) is 7010. The summed E-state index contributed by atoms with van der Waals surface area (Å²) in [7, 11) is -2.61. The van der Waals surface area contributed by atoms with E-state index in [0.717, 1.165) is 0 Å². The van der Waals surface area contributed by atoms with Crippen LogP contribution in [0.1, 0.15) is 0 Å². The summed E-state index contributed by atoms with van der Waals surface area (Å²) in [6.45, 7) is 0. The van der Waals surface area contributed by atoms with Crippen LogP contribution in [0, 0.1) is 4.78 Å². The standard InChI is InChI=1S/HNO2S.H2O3Se/c2*1-4(2)3/h1H;(H2,1,2,3). The van der Waals surface area contributed by atoms with Gasteiger partial charge in [0.1, 0.15) is 0 Å². The van der Waals surface area contributed by atoms with E-state index in [1.165, 1.54) is 0 Å². The molecular formula is H3NO5SSe. The average Bonchev–Trinajstić information content (AvgIpc) is 1.25. The van der Waals surface area contributed by atoms with Gasteiger partial charge in [-0.25, -0.2) is 0 Å². The summed E-state index contributed by atoms with van der Waals surface area (Å²) >= 11 is -3.29. The van der Waals surface area contributed by atoms with E-state index >= 15 is 0 Å². The molecule has 0 saturated heterocycles. The fraction of sp³-hybridized carbons (Fsp3) is 0. The van der Waals surface area contributed by atoms with Crippen LogP contribution in [0.25, 0.3) is 0 Å². The summed E-state index contributed by atoms with van der Waals surface area (Å²) in [6, 6.07) is 0. The molecule has 0 fully saturated rings. The van der Waals surface area contributed by atoms with Crippen LogP contribution < -0.4 is 0 Å². The summed E-state index contributed by atoms with van der Waals surface area (Å²) in [5.41, 5.74) is 0. The fourth-order valence-corrected chi connectivity index (χ4v) is 0. The Labute approximate surface area is 51.0 Å². The van der Waals surface area contributed by atoms with Crippen molar-refractivity contribution >= 4 is 25.0 Å². The molecule has 0 aromatic heterocycles. The Morgan fingerprint density at radius 1 is 1.38 bits per heavy atom. The van der Waals surface area contributed by atoms with Crippen molar-refractivity contribution in [3.05, 3.63) is 0 Å². The number of hydrogen-bond donors (Lipinski definition) is 3. The first-order valence-corrected chi connectivity index (χ1v) is 4.38. The van der Waals surface area contributed by atoms with Crippen molar-refractivity contribution in [3.63, 3.8) is 0 Å². The van der Waals surface area contributed by atoms with Gasteiger partial charge in [-0.05, 0) is 0 Å². The van der Waals surface area contributed by atoms with Crippen molar-refractivity contribution in [3.8, 4) is 0 Å². The van der Waals surface area contributed by atoms with Crippen molar-refractivity contribution in [1.82, 2.24) is 0 Å². The Bertz CT molecular complexity index is 141. The molecule has 0 spiro atoms. The molecule has 6 nitrogen and oxygen atoms in total. The molecule has 0 unspecified atom stereocenters. The topological polar surface area (TPSA) is 116 Å². The Morgan fingerprint density at radius 2 is 1.38 bits per heavy atom. The number of rotatable bonds is 0. The molecule has 50 valence electrons. The Kier molecular flexibility index (Phi) is 9.24. The second kappa shape index (κ2) is 6.86. The van der Waals surface area contributed by atoms with Gasteiger partial charge >= 0.3 is 37.2 Å². The zero-order valence-electron chi connectivity index (χ0n) is 3.44. The molecule has 0 radical (unpaired) electrons. The molecule has 0 saturated carbocycles. The van der Waals surface area contributed by atoms with Gasteiger partial charge in [0.2, 0.25) is 0 Å². The van der Waals surface area contributed by atoms with Crippen molar-refractivity contribution < 1.29 is 20.6 Å². The maximum absolute atomic E-state index is 8.76. The fourth-order valence-electron chi connectivity index (χ4n) is 0. The predicted octanol–water partition coefficient (Wildman–Crippen LogP) is -1.99. The Balaban J connectivity index is 0. The molecule has 0 amide bonds. The molecule has 0 rings (SSSR count). The summed E-state index contributed by atoms with van der Waals surface area (Å²) in [6.07, 6.45) is 0. The van der Waals surface area contributed by atoms with Crippen molar-refractivity contribution in [2.24, 2.45) is 0 Å². The van der Waals surface area contributed by atoms with Gasteiger partial charge < -0.3 is 0 Å². The second-order valence-electron chi connectivity index (χ2n) is 0.465. The van der Waals surface area contributed by atoms with E-state index in [9.17, 15) is 0 Å². The summed E-state index contributed by atoms with van der Waals surface area (Å²) < 4.78 is 46.0. The zero-order chi connectivity index (χ0) is 7.15. The monoisotopic (exact) mass is 209 g/mol. The minimum absolute atomic E-state index is 2.61. The molecule has 8 heavy (non-hydrogen) atoms. The molecule has 3 N–H and O–H groups in total. The summed E-state index contributed by atoms with van der Waals surface area (Å²) in [4.78, 5) is 0. The number of nitrogens with one attached hydrogen (secondary N) is 1. The van der Waals surface area contributed by atoms with E-state index in [1.54, 1.807) is 0 Å². The van der Waals surface area contributed by atoms with E-state index < -0.39 is 25.0 Å². The molecule has 0 bridgehead atoms. The van der Waals surface area contributed by atoms with Crippen LogP contribution in [0.2, 0.25) is 0 Å². The van der Waals surface area contributed by atoms with Gasteiger partial charge in [0.15, 0.2) is 0 Å². The van der Waals surface area contributed by atoms with E-state index in [0.29, 0.717) is 0 Å². The van der Waals surface area contributed by atoms with Gasteiger partial charge in [0.25, 0.3) is 0 Å². The molecule has 0 aromatic carbocycles. The van der Waals surface area contributed by atoms with Gasteiger partial charge in [-0.15, -0.1) is 0 Å². The third-order valence-corrected chi connectivity index (χ3v) is 0. The minimum atomic E-state index is -3.29. The molecule has 0 aromatic rings. The van der Waals surface area contributed by atoms with Crippen LogP contribution in [0.5, 0.6) is 0 Å². The van der Waals surface area contributed by atoms with Crippen molar-refractivity contribution in [2.45, 2.75) is 0 Å². The number of hydrogen-bond acceptors (Lipinski definition) is 4. The van der Waals surface area contributed by atoms with Crippen LogP contribution in [-0.4, -0.2) is 31.3 Å². The first kappa shape index (κ1) is 10.8. The second-order valence-corrected chi connectivity index (χ2v) is 1.90. The molecule has 8 heteroatoms. The third-order valence-electron chi connectivity index (χ3n) is 0. The van der Waals surface area contributed by atoms with Crippen LogP contribution >= 0.6 is 0 Å². The van der Waals surface area contributed by atoms with Gasteiger partial charge in [-0.1, -0.05) is 0 Å². The summed E-state index contributed by atoms with van der Waals surface area (Å²) in [5.74, 6) is 0. The van der Waals surface area contributed by atoms with Crippen LogP contribution in [0.4, 0.5) is 0 Å². The van der Waals surface area contributed by atoms with E-state index in [1.807, 2.05) is 0 Å². The van der Waals surface area contributed by atoms with Crippen LogP contribution in [-0.2, 0) is 14.3 Å². The van der Waals surface area contributed by atoms with Crippen molar-refractivity contribution in [1.29, 1.82) is 4.78 Å². The zero-order valence-corrected chi connectivity index (χ0v) is 5.97. The molecular weight excluding hydrogens is 205 g/mol. The Hall–Kier alpha value is -0.141. The van der Waals surface area contributed by atoms with E-state index in [4.69, 9.17) is 25.4 Å². The van der Waals surface area contributed by atoms with Gasteiger partial charge in [-0.2, -0.15) is 13.2 Å². The normalized spacial score (nSPS) is 7.38. The first-order chi connectivity index (χ1) is 3.46. The molecule has 0 aliphatic carbocycles. The SMILES string of the molecule is N=S(=O)=O.O=[Se](O)O. The van der Waals surface area contributed by atoms with Gasteiger partial charge in [0, 0.05) is 0 Å². The van der Waals surface area contributed by atoms with Crippen molar-refractivity contribution in [2.75, 3.05) is 0 Å². The average molecular weight is 208 g/mol. The molecule has 0 atom stereocenters. The van der Waals surface area contributed by atoms with Crippen LogP contribution in [0.3, 0.4) is 0 Å². The maximum atomic E-state index is 8.76. The molecule has 0 aliphatic rings. The predicted molar refractivity (Wildman–Crippen MR) is 22.5 cm³/mol. The van der Waals surface area contributed by atoms with E-state index in [-0.39, 0.29) is 0 Å². The van der Waals surface area contributed by atoms with Gasteiger partial charge in [0.05, 0.1) is 0 Å². The van der Waals surface area contributed by atoms with Crippen LogP contribution in [0.15, 0.2) is 0 Å². The molecule has 0 aliphatic heterocycles. The van der Waals surface area contributed by atoms with Gasteiger partial charge in [-0.3, -0.25) is 0 Å². The molecule has 0 heterocycles. The quantitative estimate of drug-likeness (QED) is 0.398. The Morgan fingerprint density at radius 3 is 1.38 bits per heavy atom. The first-order valence-electron chi connectivity index (χ1n) is 1.07.